The lowest BCUT2D eigenvalue weighted by Crippen LogP contribution is -1.96. The number of nitrogens with zero attached hydrogens (tertiary/aromatic N) is 2. The van der Waals surface area contributed by atoms with Gasteiger partial charge in [-0.15, -0.1) is 0 Å². The zero-order valence-electron chi connectivity index (χ0n) is 4.26. The molecule has 1 heterocycles. The molecule has 0 radical (unpaired) electrons. The molecule has 0 saturated carbocycles. The van der Waals surface area contributed by atoms with Gasteiger partial charge in [0.25, 0.3) is 0 Å². The molecule has 0 bridgehead atoms. The minimum atomic E-state index is -2.55. The molecule has 0 aliphatic rings. The molecular weight excluding hydrogens is 194 g/mol. The molecule has 0 amide bonds. The molecule has 0 aliphatic heterocycles. The van der Waals surface area contributed by atoms with Crippen molar-refractivity contribution in [3.8, 4) is 0 Å². The third-order valence-corrected chi connectivity index (χ3v) is 1.18. The summed E-state index contributed by atoms with van der Waals surface area (Å²) < 4.78 is 24.5. The maximum atomic E-state index is 11.7. The summed E-state index contributed by atoms with van der Waals surface area (Å²) in [5.41, 5.74) is 0. The summed E-state index contributed by atoms with van der Waals surface area (Å²) in [6, 6.07) is 0. The van der Waals surface area contributed by atoms with Crippen LogP contribution < -0.4 is 0 Å². The Hall–Kier alpha value is -0.450. The van der Waals surface area contributed by atoms with E-state index in [1.165, 1.54) is 12.4 Å². The van der Waals surface area contributed by atoms with Crippen molar-refractivity contribution in [2.24, 2.45) is 0 Å². The Morgan fingerprint density at radius 2 is 2.33 bits per heavy atom. The molecule has 0 unspecified atom stereocenters. The first-order valence-corrected chi connectivity index (χ1v) is 2.97. The summed E-state index contributed by atoms with van der Waals surface area (Å²) in [5.74, 6) is 0. The first-order valence-electron chi connectivity index (χ1n) is 2.18. The van der Waals surface area contributed by atoms with Gasteiger partial charge in [-0.25, -0.2) is 4.68 Å². The molecule has 0 N–H and O–H groups in total. The number of halogens is 3. The van der Waals surface area contributed by atoms with E-state index in [1.807, 2.05) is 0 Å². The lowest BCUT2D eigenvalue weighted by molar-refractivity contribution is 0.0565. The molecule has 0 atom stereocenters. The molecule has 0 fully saturated rings. The normalized spacial score (nSPS) is 10.7. The summed E-state index contributed by atoms with van der Waals surface area (Å²) in [5, 5.41) is 3.34. The Bertz CT molecular complexity index is 198. The lowest BCUT2D eigenvalue weighted by atomic mass is 10.7. The molecule has 0 aliphatic carbocycles. The van der Waals surface area contributed by atoms with Crippen molar-refractivity contribution in [1.82, 2.24) is 9.78 Å². The van der Waals surface area contributed by atoms with Gasteiger partial charge in [0.05, 0.1) is 10.7 Å². The number of hydrogen-bond acceptors (Lipinski definition) is 1. The fourth-order valence-corrected chi connectivity index (χ4v) is 0.723. The highest BCUT2D eigenvalue weighted by Crippen LogP contribution is 2.12. The third kappa shape index (κ3) is 1.48. The summed E-state index contributed by atoms with van der Waals surface area (Å²) in [6.45, 7) is -2.55. The van der Waals surface area contributed by atoms with Crippen LogP contribution in [0.25, 0.3) is 0 Å². The van der Waals surface area contributed by atoms with Gasteiger partial charge in [-0.3, -0.25) is 0 Å². The molecule has 5 heteroatoms. The summed E-state index contributed by atoms with van der Waals surface area (Å²) in [4.78, 5) is 0. The molecule has 9 heavy (non-hydrogen) atoms. The minimum absolute atomic E-state index is 0.558. The van der Waals surface area contributed by atoms with Crippen LogP contribution in [-0.4, -0.2) is 9.78 Å². The Labute approximate surface area is 58.6 Å². The van der Waals surface area contributed by atoms with Crippen LogP contribution in [0.1, 0.15) is 6.55 Å². The van der Waals surface area contributed by atoms with Crippen molar-refractivity contribution in [2.75, 3.05) is 0 Å². The van der Waals surface area contributed by atoms with Gasteiger partial charge in [0.2, 0.25) is 0 Å². The number of alkyl halides is 2. The topological polar surface area (TPSA) is 17.8 Å². The predicted molar refractivity (Wildman–Crippen MR) is 31.2 cm³/mol. The standard InChI is InChI=1S/C4H3BrF2N2/c5-3-1-8-9(2-3)4(6)7/h1-2,4H. The van der Waals surface area contributed by atoms with E-state index in [4.69, 9.17) is 0 Å². The van der Waals surface area contributed by atoms with Crippen molar-refractivity contribution < 1.29 is 8.78 Å². The van der Waals surface area contributed by atoms with Gasteiger partial charge in [0, 0.05) is 6.20 Å². The summed E-state index contributed by atoms with van der Waals surface area (Å²) in [6.07, 6.45) is 2.52. The maximum absolute atomic E-state index is 11.7. The Morgan fingerprint density at radius 3 is 2.56 bits per heavy atom. The van der Waals surface area contributed by atoms with E-state index in [-0.39, 0.29) is 0 Å². The Balaban J connectivity index is 2.85. The fraction of sp³-hybridized carbons (Fsp3) is 0.250. The molecular formula is C4H3BrF2N2. The van der Waals surface area contributed by atoms with E-state index in [1.54, 1.807) is 0 Å². The van der Waals surface area contributed by atoms with Crippen molar-refractivity contribution in [2.45, 2.75) is 6.55 Å². The van der Waals surface area contributed by atoms with Gasteiger partial charge < -0.3 is 0 Å². The number of rotatable bonds is 1. The zero-order chi connectivity index (χ0) is 6.85. The first-order chi connectivity index (χ1) is 4.20. The Kier molecular flexibility index (Phi) is 1.80. The minimum Gasteiger partial charge on any atom is -0.211 e. The van der Waals surface area contributed by atoms with Gasteiger partial charge in [-0.05, 0) is 15.9 Å². The van der Waals surface area contributed by atoms with E-state index in [0.29, 0.717) is 9.15 Å². The van der Waals surface area contributed by atoms with Crippen molar-refractivity contribution in [3.63, 3.8) is 0 Å². The zero-order valence-corrected chi connectivity index (χ0v) is 5.85. The second-order valence-electron chi connectivity index (χ2n) is 1.42. The van der Waals surface area contributed by atoms with Crippen LogP contribution in [0.4, 0.5) is 8.78 Å². The highest BCUT2D eigenvalue weighted by molar-refractivity contribution is 9.10. The lowest BCUT2D eigenvalue weighted by Gasteiger charge is -1.93. The van der Waals surface area contributed by atoms with Crippen LogP contribution in [0, 0.1) is 0 Å². The van der Waals surface area contributed by atoms with E-state index in [0.717, 1.165) is 0 Å². The van der Waals surface area contributed by atoms with E-state index < -0.39 is 6.55 Å². The molecule has 0 aromatic carbocycles. The average molecular weight is 197 g/mol. The predicted octanol–water partition coefficient (Wildman–Crippen LogP) is 2.04. The van der Waals surface area contributed by atoms with E-state index in [9.17, 15) is 8.78 Å². The molecule has 50 valence electrons. The van der Waals surface area contributed by atoms with Crippen LogP contribution in [0.5, 0.6) is 0 Å². The third-order valence-electron chi connectivity index (χ3n) is 0.770. The molecule has 1 rings (SSSR count). The van der Waals surface area contributed by atoms with Crippen LogP contribution in [0.2, 0.25) is 0 Å². The van der Waals surface area contributed by atoms with Crippen LogP contribution in [0.15, 0.2) is 16.9 Å². The monoisotopic (exact) mass is 196 g/mol. The smallest absolute Gasteiger partial charge is 0.211 e. The Morgan fingerprint density at radius 1 is 1.67 bits per heavy atom. The van der Waals surface area contributed by atoms with Crippen molar-refractivity contribution in [3.05, 3.63) is 16.9 Å². The van der Waals surface area contributed by atoms with E-state index in [2.05, 4.69) is 21.0 Å². The van der Waals surface area contributed by atoms with Gasteiger partial charge in [0.1, 0.15) is 0 Å². The van der Waals surface area contributed by atoms with Gasteiger partial charge in [0.15, 0.2) is 0 Å². The molecule has 0 spiro atoms. The SMILES string of the molecule is FC(F)n1cc(Br)cn1. The number of hydrogen-bond donors (Lipinski definition) is 0. The summed E-state index contributed by atoms with van der Waals surface area (Å²) >= 11 is 2.98. The van der Waals surface area contributed by atoms with Crippen LogP contribution in [0.3, 0.4) is 0 Å². The van der Waals surface area contributed by atoms with Crippen LogP contribution >= 0.6 is 15.9 Å². The van der Waals surface area contributed by atoms with Crippen LogP contribution in [-0.2, 0) is 0 Å². The van der Waals surface area contributed by atoms with Crippen molar-refractivity contribution >= 4 is 15.9 Å². The van der Waals surface area contributed by atoms with Gasteiger partial charge in [-0.2, -0.15) is 13.9 Å². The largest absolute Gasteiger partial charge is 0.333 e. The van der Waals surface area contributed by atoms with Gasteiger partial charge in [-0.1, -0.05) is 0 Å². The number of aromatic nitrogens is 2. The fourth-order valence-electron chi connectivity index (χ4n) is 0.422. The molecule has 1 aromatic heterocycles. The van der Waals surface area contributed by atoms with Crippen molar-refractivity contribution in [1.29, 1.82) is 0 Å². The molecule has 0 saturated heterocycles. The second kappa shape index (κ2) is 2.43. The average Bonchev–Trinajstić information content (AvgIpc) is 2.14. The second-order valence-corrected chi connectivity index (χ2v) is 2.33. The summed E-state index contributed by atoms with van der Waals surface area (Å²) in [7, 11) is 0. The van der Waals surface area contributed by atoms with Gasteiger partial charge >= 0.3 is 6.55 Å². The van der Waals surface area contributed by atoms with E-state index >= 15 is 0 Å². The molecule has 1 aromatic rings. The molecule has 2 nitrogen and oxygen atoms in total. The maximum Gasteiger partial charge on any atom is 0.333 e. The highest BCUT2D eigenvalue weighted by atomic mass is 79.9. The first kappa shape index (κ1) is 6.67. The quantitative estimate of drug-likeness (QED) is 0.673. The highest BCUT2D eigenvalue weighted by Gasteiger charge is 2.04.